The highest BCUT2D eigenvalue weighted by molar-refractivity contribution is 6.11. The van der Waals surface area contributed by atoms with Crippen molar-refractivity contribution in [3.8, 4) is 0 Å². The van der Waals surface area contributed by atoms with E-state index < -0.39 is 0 Å². The Bertz CT molecular complexity index is 712. The number of nitrogens with one attached hydrogen (secondary N) is 2. The molecule has 1 aromatic carbocycles. The predicted octanol–water partition coefficient (Wildman–Crippen LogP) is 1.55. The molecule has 6 nitrogen and oxygen atoms in total. The fourth-order valence-corrected chi connectivity index (χ4v) is 1.82. The molecular weight excluding hydrogens is 230 g/mol. The average Bonchev–Trinajstić information content (AvgIpc) is 2.97. The summed E-state index contributed by atoms with van der Waals surface area (Å²) in [5, 5.41) is 14.5. The van der Waals surface area contributed by atoms with Gasteiger partial charge in [0.05, 0.1) is 17.3 Å². The van der Waals surface area contributed by atoms with Crippen molar-refractivity contribution in [2.75, 3.05) is 5.32 Å². The minimum atomic E-state index is -0.205. The van der Waals surface area contributed by atoms with Gasteiger partial charge >= 0.3 is 0 Å². The zero-order chi connectivity index (χ0) is 12.5. The maximum atomic E-state index is 12.1. The molecule has 0 aliphatic heterocycles. The lowest BCUT2D eigenvalue weighted by Crippen LogP contribution is -2.13. The van der Waals surface area contributed by atoms with Gasteiger partial charge in [-0.25, -0.2) is 0 Å². The number of rotatable bonds is 2. The lowest BCUT2D eigenvalue weighted by atomic mass is 10.1. The largest absolute Gasteiger partial charge is 0.305 e. The molecule has 90 valence electrons. The molecule has 1 amide bonds. The van der Waals surface area contributed by atoms with Crippen LogP contribution in [0.1, 0.15) is 10.4 Å². The van der Waals surface area contributed by atoms with Crippen molar-refractivity contribution < 1.29 is 4.79 Å². The number of para-hydroxylation sites is 1. The normalized spacial score (nSPS) is 10.7. The Morgan fingerprint density at radius 3 is 3.06 bits per heavy atom. The molecule has 3 aromatic rings. The van der Waals surface area contributed by atoms with Crippen LogP contribution in [0.25, 0.3) is 10.9 Å². The third-order valence-electron chi connectivity index (χ3n) is 2.68. The summed E-state index contributed by atoms with van der Waals surface area (Å²) in [5.41, 5.74) is 1.28. The number of carbonyl (C=O) groups excluding carboxylic acids is 1. The highest BCUT2D eigenvalue weighted by Gasteiger charge is 2.12. The molecule has 0 aliphatic rings. The van der Waals surface area contributed by atoms with E-state index in [2.05, 4.69) is 20.6 Å². The van der Waals surface area contributed by atoms with Crippen LogP contribution in [-0.2, 0) is 7.05 Å². The third-order valence-corrected chi connectivity index (χ3v) is 2.68. The van der Waals surface area contributed by atoms with Crippen LogP contribution in [0.3, 0.4) is 0 Å². The van der Waals surface area contributed by atoms with Crippen molar-refractivity contribution in [3.05, 3.63) is 42.2 Å². The number of aromatic amines is 1. The Hall–Kier alpha value is -2.63. The van der Waals surface area contributed by atoms with Crippen LogP contribution in [0.4, 0.5) is 5.82 Å². The monoisotopic (exact) mass is 241 g/mol. The lowest BCUT2D eigenvalue weighted by molar-refractivity contribution is 0.102. The first-order valence-electron chi connectivity index (χ1n) is 5.47. The molecule has 0 radical (unpaired) electrons. The van der Waals surface area contributed by atoms with Crippen molar-refractivity contribution >= 4 is 22.6 Å². The van der Waals surface area contributed by atoms with Gasteiger partial charge in [-0.2, -0.15) is 10.2 Å². The van der Waals surface area contributed by atoms with E-state index in [1.165, 1.54) is 0 Å². The minimum absolute atomic E-state index is 0.205. The SMILES string of the molecule is Cn1ccc(NC(=O)c2cccc3cn[nH]c23)n1. The molecule has 0 atom stereocenters. The van der Waals surface area contributed by atoms with Crippen molar-refractivity contribution in [3.63, 3.8) is 0 Å². The van der Waals surface area contributed by atoms with Gasteiger partial charge < -0.3 is 5.32 Å². The van der Waals surface area contributed by atoms with E-state index >= 15 is 0 Å². The molecule has 3 rings (SSSR count). The molecule has 2 heterocycles. The molecule has 0 saturated carbocycles. The summed E-state index contributed by atoms with van der Waals surface area (Å²) in [5.74, 6) is 0.322. The summed E-state index contributed by atoms with van der Waals surface area (Å²) in [6.45, 7) is 0. The number of fused-ring (bicyclic) bond motifs is 1. The number of carbonyl (C=O) groups is 1. The lowest BCUT2D eigenvalue weighted by Gasteiger charge is -2.02. The second-order valence-electron chi connectivity index (χ2n) is 3.97. The zero-order valence-corrected chi connectivity index (χ0v) is 9.71. The summed E-state index contributed by atoms with van der Waals surface area (Å²) in [6.07, 6.45) is 3.46. The molecule has 0 saturated heterocycles. The van der Waals surface area contributed by atoms with Crippen LogP contribution >= 0.6 is 0 Å². The number of benzene rings is 1. The number of H-pyrrole nitrogens is 1. The van der Waals surface area contributed by atoms with E-state index in [4.69, 9.17) is 0 Å². The van der Waals surface area contributed by atoms with Crippen molar-refractivity contribution in [1.29, 1.82) is 0 Å². The van der Waals surface area contributed by atoms with Gasteiger partial charge in [0.1, 0.15) is 0 Å². The Morgan fingerprint density at radius 1 is 1.39 bits per heavy atom. The molecule has 6 heteroatoms. The van der Waals surface area contributed by atoms with E-state index in [1.807, 2.05) is 12.1 Å². The zero-order valence-electron chi connectivity index (χ0n) is 9.71. The summed E-state index contributed by atoms with van der Waals surface area (Å²) < 4.78 is 1.63. The highest BCUT2D eigenvalue weighted by Crippen LogP contribution is 2.16. The van der Waals surface area contributed by atoms with Gasteiger partial charge in [-0.05, 0) is 6.07 Å². The minimum Gasteiger partial charge on any atom is -0.305 e. The average molecular weight is 241 g/mol. The van der Waals surface area contributed by atoms with E-state index in [9.17, 15) is 4.79 Å². The smallest absolute Gasteiger partial charge is 0.259 e. The van der Waals surface area contributed by atoms with Crippen LogP contribution in [0.5, 0.6) is 0 Å². The second kappa shape index (κ2) is 3.99. The fourth-order valence-electron chi connectivity index (χ4n) is 1.82. The quantitative estimate of drug-likeness (QED) is 0.714. The van der Waals surface area contributed by atoms with Crippen LogP contribution in [0.15, 0.2) is 36.7 Å². The number of aromatic nitrogens is 4. The van der Waals surface area contributed by atoms with E-state index in [-0.39, 0.29) is 5.91 Å². The van der Waals surface area contributed by atoms with Gasteiger partial charge in [-0.3, -0.25) is 14.6 Å². The summed E-state index contributed by atoms with van der Waals surface area (Å²) in [6, 6.07) is 7.21. The maximum Gasteiger partial charge on any atom is 0.259 e. The summed E-state index contributed by atoms with van der Waals surface area (Å²) >= 11 is 0. The number of anilines is 1. The Labute approximate surface area is 103 Å². The summed E-state index contributed by atoms with van der Waals surface area (Å²) in [7, 11) is 1.80. The number of nitrogens with zero attached hydrogens (tertiary/aromatic N) is 3. The molecule has 18 heavy (non-hydrogen) atoms. The van der Waals surface area contributed by atoms with E-state index in [0.717, 1.165) is 10.9 Å². The van der Waals surface area contributed by atoms with Gasteiger partial charge in [0.2, 0.25) is 0 Å². The summed E-state index contributed by atoms with van der Waals surface area (Å²) in [4.78, 5) is 12.1. The number of amides is 1. The second-order valence-corrected chi connectivity index (χ2v) is 3.97. The van der Waals surface area contributed by atoms with Gasteiger partial charge in [-0.15, -0.1) is 0 Å². The van der Waals surface area contributed by atoms with Crippen molar-refractivity contribution in [1.82, 2.24) is 20.0 Å². The predicted molar refractivity (Wildman–Crippen MR) is 67.3 cm³/mol. The standard InChI is InChI=1S/C12H11N5O/c1-17-6-5-10(16-17)14-12(18)9-4-2-3-8-7-13-15-11(8)9/h2-7H,1H3,(H,13,15)(H,14,16,18). The van der Waals surface area contributed by atoms with Crippen LogP contribution in [0.2, 0.25) is 0 Å². The number of hydrogen-bond acceptors (Lipinski definition) is 3. The van der Waals surface area contributed by atoms with Crippen LogP contribution in [-0.4, -0.2) is 25.9 Å². The van der Waals surface area contributed by atoms with Crippen molar-refractivity contribution in [2.24, 2.45) is 7.05 Å². The molecule has 0 unspecified atom stereocenters. The Kier molecular flexibility index (Phi) is 2.33. The first-order chi connectivity index (χ1) is 8.74. The topological polar surface area (TPSA) is 75.6 Å². The van der Waals surface area contributed by atoms with E-state index in [1.54, 1.807) is 36.3 Å². The maximum absolute atomic E-state index is 12.1. The van der Waals surface area contributed by atoms with E-state index in [0.29, 0.717) is 11.4 Å². The molecule has 0 aliphatic carbocycles. The number of aryl methyl sites for hydroxylation is 1. The molecular formula is C12H11N5O. The van der Waals surface area contributed by atoms with Gasteiger partial charge in [-0.1, -0.05) is 12.1 Å². The van der Waals surface area contributed by atoms with Gasteiger partial charge in [0, 0.05) is 24.7 Å². The van der Waals surface area contributed by atoms with Gasteiger partial charge in [0.15, 0.2) is 5.82 Å². The number of hydrogen-bond donors (Lipinski definition) is 2. The molecule has 0 bridgehead atoms. The molecule has 0 spiro atoms. The Morgan fingerprint density at radius 2 is 2.28 bits per heavy atom. The Balaban J connectivity index is 1.94. The fraction of sp³-hybridized carbons (Fsp3) is 0.0833. The molecule has 2 N–H and O–H groups in total. The van der Waals surface area contributed by atoms with Crippen LogP contribution in [0, 0.1) is 0 Å². The first kappa shape index (κ1) is 10.5. The van der Waals surface area contributed by atoms with Crippen molar-refractivity contribution in [2.45, 2.75) is 0 Å². The van der Waals surface area contributed by atoms with Gasteiger partial charge in [0.25, 0.3) is 5.91 Å². The first-order valence-corrected chi connectivity index (χ1v) is 5.47. The highest BCUT2D eigenvalue weighted by atomic mass is 16.1. The molecule has 0 fully saturated rings. The third kappa shape index (κ3) is 1.73. The van der Waals surface area contributed by atoms with Crippen LogP contribution < -0.4 is 5.32 Å². The molecule has 2 aromatic heterocycles.